The summed E-state index contributed by atoms with van der Waals surface area (Å²) in [6.07, 6.45) is 7.35. The molecule has 3 aromatic carbocycles. The van der Waals surface area contributed by atoms with Gasteiger partial charge in [0.05, 0.1) is 26.0 Å². The van der Waals surface area contributed by atoms with Gasteiger partial charge < -0.3 is 9.47 Å². The van der Waals surface area contributed by atoms with E-state index < -0.39 is 0 Å². The summed E-state index contributed by atoms with van der Waals surface area (Å²) in [5, 5.41) is 7.96. The number of benzene rings is 3. The van der Waals surface area contributed by atoms with Crippen molar-refractivity contribution >= 4 is 47.0 Å². The largest absolute Gasteiger partial charge is 0.493 e. The number of carbonyl (C=O) groups is 1. The fraction of sp³-hybridized carbons (Fsp3) is 0.250. The second kappa shape index (κ2) is 11.7. The van der Waals surface area contributed by atoms with E-state index in [9.17, 15) is 4.79 Å². The van der Waals surface area contributed by atoms with Crippen LogP contribution in [-0.2, 0) is 4.79 Å². The van der Waals surface area contributed by atoms with Gasteiger partial charge in [-0.1, -0.05) is 60.5 Å². The molecule has 1 fully saturated rings. The Morgan fingerprint density at radius 1 is 0.923 bits per heavy atom. The van der Waals surface area contributed by atoms with Gasteiger partial charge in [0.1, 0.15) is 0 Å². The van der Waals surface area contributed by atoms with Crippen LogP contribution in [0, 0.1) is 11.8 Å². The van der Waals surface area contributed by atoms with Gasteiger partial charge in [0.2, 0.25) is 0 Å². The van der Waals surface area contributed by atoms with E-state index >= 15 is 0 Å². The SMILES string of the molecule is COc1ccc(/C=C/C(=O)N2N=C3/C(=C/c4ccc(Cl)cc4)C[C@H](C)C[C@@H]3[C@@H]2c2ccc(Cl)cc2)cc1OC. The van der Waals surface area contributed by atoms with Crippen molar-refractivity contribution in [3.05, 3.63) is 105 Å². The number of hydrazone groups is 1. The highest BCUT2D eigenvalue weighted by atomic mass is 35.5. The lowest BCUT2D eigenvalue weighted by molar-refractivity contribution is -0.128. The van der Waals surface area contributed by atoms with E-state index in [0.717, 1.165) is 40.8 Å². The molecule has 0 saturated heterocycles. The van der Waals surface area contributed by atoms with Gasteiger partial charge in [-0.15, -0.1) is 0 Å². The summed E-state index contributed by atoms with van der Waals surface area (Å²) in [7, 11) is 3.18. The predicted molar refractivity (Wildman–Crippen MR) is 158 cm³/mol. The van der Waals surface area contributed by atoms with E-state index in [1.54, 1.807) is 31.4 Å². The molecule has 3 aromatic rings. The maximum absolute atomic E-state index is 13.7. The average Bonchev–Trinajstić information content (AvgIpc) is 3.32. The molecule has 5 nitrogen and oxygen atoms in total. The molecule has 0 bridgehead atoms. The first-order valence-corrected chi connectivity index (χ1v) is 13.7. The van der Waals surface area contributed by atoms with Gasteiger partial charge in [-0.25, -0.2) is 5.01 Å². The van der Waals surface area contributed by atoms with Crippen molar-refractivity contribution in [1.82, 2.24) is 5.01 Å². The summed E-state index contributed by atoms with van der Waals surface area (Å²) >= 11 is 12.3. The molecule has 0 aromatic heterocycles. The predicted octanol–water partition coefficient (Wildman–Crippen LogP) is 8.09. The van der Waals surface area contributed by atoms with E-state index in [4.69, 9.17) is 37.8 Å². The van der Waals surface area contributed by atoms with E-state index in [1.165, 1.54) is 0 Å². The minimum absolute atomic E-state index is 0.0758. The molecular weight excluding hydrogens is 531 g/mol. The van der Waals surface area contributed by atoms with Crippen LogP contribution in [0.25, 0.3) is 12.2 Å². The summed E-state index contributed by atoms with van der Waals surface area (Å²) in [6.45, 7) is 2.26. The first-order valence-electron chi connectivity index (χ1n) is 12.9. The van der Waals surface area contributed by atoms with Crippen molar-refractivity contribution in [3.63, 3.8) is 0 Å². The molecule has 1 aliphatic carbocycles. The van der Waals surface area contributed by atoms with Crippen LogP contribution in [0.3, 0.4) is 0 Å². The van der Waals surface area contributed by atoms with E-state index in [2.05, 4.69) is 13.0 Å². The van der Waals surface area contributed by atoms with Crippen molar-refractivity contribution in [2.45, 2.75) is 25.8 Å². The monoisotopic (exact) mass is 560 g/mol. The van der Waals surface area contributed by atoms with Crippen LogP contribution in [-0.4, -0.2) is 30.8 Å². The van der Waals surface area contributed by atoms with Crippen molar-refractivity contribution < 1.29 is 14.3 Å². The van der Waals surface area contributed by atoms with Crippen molar-refractivity contribution in [2.24, 2.45) is 16.9 Å². The number of ether oxygens (including phenoxy) is 2. The summed E-state index contributed by atoms with van der Waals surface area (Å²) in [5.74, 6) is 1.56. The molecular formula is C32H30Cl2N2O3. The Labute approximate surface area is 239 Å². The van der Waals surface area contributed by atoms with Crippen LogP contribution >= 0.6 is 23.2 Å². The summed E-state index contributed by atoms with van der Waals surface area (Å²) < 4.78 is 10.7. The van der Waals surface area contributed by atoms with Crippen LogP contribution in [0.5, 0.6) is 11.5 Å². The van der Waals surface area contributed by atoms with Crippen LogP contribution in [0.15, 0.2) is 83.5 Å². The number of rotatable bonds is 6. The Bertz CT molecular complexity index is 1450. The Hall–Kier alpha value is -3.54. The van der Waals surface area contributed by atoms with Crippen LogP contribution < -0.4 is 9.47 Å². The second-order valence-corrected chi connectivity index (χ2v) is 10.9. The number of amides is 1. The lowest BCUT2D eigenvalue weighted by Gasteiger charge is -2.32. The van der Waals surface area contributed by atoms with Crippen molar-refractivity contribution in [2.75, 3.05) is 14.2 Å². The topological polar surface area (TPSA) is 51.1 Å². The lowest BCUT2D eigenvalue weighted by Crippen LogP contribution is -2.32. The number of hydrogen-bond acceptors (Lipinski definition) is 4. The number of allylic oxidation sites excluding steroid dienone is 1. The van der Waals surface area contributed by atoms with Gasteiger partial charge in [0, 0.05) is 22.0 Å². The third-order valence-electron chi connectivity index (χ3n) is 7.24. The fourth-order valence-corrected chi connectivity index (χ4v) is 5.68. The number of methoxy groups -OCH3 is 2. The summed E-state index contributed by atoms with van der Waals surface area (Å²) in [4.78, 5) is 13.7. The molecule has 39 heavy (non-hydrogen) atoms. The van der Waals surface area contributed by atoms with Crippen LogP contribution in [0.1, 0.15) is 42.5 Å². The number of hydrogen-bond donors (Lipinski definition) is 0. The summed E-state index contributed by atoms with van der Waals surface area (Å²) in [5.41, 5.74) is 5.02. The maximum Gasteiger partial charge on any atom is 0.267 e. The Morgan fingerprint density at radius 2 is 1.56 bits per heavy atom. The normalized spacial score (nSPS) is 21.7. The molecule has 1 amide bonds. The second-order valence-electron chi connectivity index (χ2n) is 9.98. The van der Waals surface area contributed by atoms with Gasteiger partial charge in [0.15, 0.2) is 11.5 Å². The Balaban J connectivity index is 1.51. The van der Waals surface area contributed by atoms with Crippen LogP contribution in [0.2, 0.25) is 10.0 Å². The standard InChI is InChI=1S/C32H30Cl2N2O3/c1-20-16-24(18-21-4-10-25(33)11-5-21)31-27(17-20)32(23-8-12-26(34)13-9-23)36(35-31)30(37)15-7-22-6-14-28(38-2)29(19-22)39-3/h4-15,18-20,27,32H,16-17H2,1-3H3/b15-7+,24-18+/t20-,27-,32-/m0/s1. The van der Waals surface area contributed by atoms with Crippen molar-refractivity contribution in [1.29, 1.82) is 0 Å². The van der Waals surface area contributed by atoms with Gasteiger partial charge in [0.25, 0.3) is 5.91 Å². The molecule has 7 heteroatoms. The molecule has 1 heterocycles. The zero-order valence-corrected chi connectivity index (χ0v) is 23.6. The molecule has 0 unspecified atom stereocenters. The highest BCUT2D eigenvalue weighted by Crippen LogP contribution is 2.46. The molecule has 2 aliphatic rings. The smallest absolute Gasteiger partial charge is 0.267 e. The first-order chi connectivity index (χ1) is 18.9. The molecule has 0 spiro atoms. The van der Waals surface area contributed by atoms with Crippen LogP contribution in [0.4, 0.5) is 0 Å². The zero-order chi connectivity index (χ0) is 27.5. The first kappa shape index (κ1) is 27.0. The molecule has 5 rings (SSSR count). The fourth-order valence-electron chi connectivity index (χ4n) is 5.43. The number of nitrogens with zero attached hydrogens (tertiary/aromatic N) is 2. The average molecular weight is 562 g/mol. The third-order valence-corrected chi connectivity index (χ3v) is 7.74. The molecule has 3 atom stereocenters. The highest BCUT2D eigenvalue weighted by molar-refractivity contribution is 6.30. The van der Waals surface area contributed by atoms with Gasteiger partial charge in [-0.3, -0.25) is 4.79 Å². The molecule has 0 radical (unpaired) electrons. The van der Waals surface area contributed by atoms with E-state index in [0.29, 0.717) is 27.5 Å². The minimum atomic E-state index is -0.226. The molecule has 0 N–H and O–H groups in total. The quantitative estimate of drug-likeness (QED) is 0.286. The zero-order valence-electron chi connectivity index (χ0n) is 22.1. The number of carbonyl (C=O) groups excluding carboxylic acids is 1. The molecule has 1 aliphatic heterocycles. The van der Waals surface area contributed by atoms with Crippen molar-refractivity contribution in [3.8, 4) is 11.5 Å². The maximum atomic E-state index is 13.7. The van der Waals surface area contributed by atoms with E-state index in [-0.39, 0.29) is 17.9 Å². The van der Waals surface area contributed by atoms with E-state index in [1.807, 2.05) is 66.7 Å². The van der Waals surface area contributed by atoms with Gasteiger partial charge in [-0.2, -0.15) is 5.10 Å². The summed E-state index contributed by atoms with van der Waals surface area (Å²) in [6, 6.07) is 20.8. The highest BCUT2D eigenvalue weighted by Gasteiger charge is 2.44. The molecule has 1 saturated carbocycles. The Kier molecular flexibility index (Phi) is 8.10. The number of fused-ring (bicyclic) bond motifs is 1. The molecule has 200 valence electrons. The number of halogens is 2. The minimum Gasteiger partial charge on any atom is -0.493 e. The van der Waals surface area contributed by atoms with Gasteiger partial charge in [-0.05, 0) is 89.6 Å². The third kappa shape index (κ3) is 5.90. The lowest BCUT2D eigenvalue weighted by atomic mass is 9.73. The Morgan fingerprint density at radius 3 is 2.23 bits per heavy atom. The van der Waals surface area contributed by atoms with Gasteiger partial charge >= 0.3 is 0 Å².